The molecule has 3 unspecified atom stereocenters. The van der Waals surface area contributed by atoms with Crippen LogP contribution in [0.5, 0.6) is 0 Å². The van der Waals surface area contributed by atoms with E-state index in [1.54, 1.807) is 0 Å². The molecule has 0 aromatic heterocycles. The summed E-state index contributed by atoms with van der Waals surface area (Å²) in [4.78, 5) is 22.6. The number of hydrogen-bond acceptors (Lipinski definition) is 4. The van der Waals surface area contributed by atoms with E-state index in [1.807, 2.05) is 19.1 Å². The Balaban J connectivity index is 2.70. The van der Waals surface area contributed by atoms with Gasteiger partial charge in [0.15, 0.2) is 0 Å². The first-order chi connectivity index (χ1) is 8.99. The molecule has 0 aliphatic carbocycles. The van der Waals surface area contributed by atoms with Gasteiger partial charge in [0.2, 0.25) is 0 Å². The number of carbonyl (C=O) groups is 2. The third-order valence-electron chi connectivity index (χ3n) is 3.29. The van der Waals surface area contributed by atoms with Gasteiger partial charge in [-0.2, -0.15) is 0 Å². The van der Waals surface area contributed by atoms with Gasteiger partial charge in [0.05, 0.1) is 6.61 Å². The fraction of sp³-hybridized carbons (Fsp3) is 0.733. The van der Waals surface area contributed by atoms with E-state index in [4.69, 9.17) is 9.47 Å². The van der Waals surface area contributed by atoms with Crippen LogP contribution in [0.4, 0.5) is 0 Å². The summed E-state index contributed by atoms with van der Waals surface area (Å²) in [7, 11) is 0. The molecule has 1 rings (SSSR count). The van der Waals surface area contributed by atoms with E-state index in [2.05, 4.69) is 6.92 Å². The van der Waals surface area contributed by atoms with E-state index < -0.39 is 0 Å². The summed E-state index contributed by atoms with van der Waals surface area (Å²) in [5.41, 5.74) is 0. The third-order valence-corrected chi connectivity index (χ3v) is 3.29. The van der Waals surface area contributed by atoms with Gasteiger partial charge in [-0.1, -0.05) is 26.3 Å². The van der Waals surface area contributed by atoms with E-state index in [-0.39, 0.29) is 29.9 Å². The Morgan fingerprint density at radius 3 is 2.74 bits per heavy atom. The van der Waals surface area contributed by atoms with Gasteiger partial charge in [-0.3, -0.25) is 9.59 Å². The molecule has 4 heteroatoms. The summed E-state index contributed by atoms with van der Waals surface area (Å²) >= 11 is 0. The van der Waals surface area contributed by atoms with Crippen molar-refractivity contribution in [3.63, 3.8) is 0 Å². The molecule has 4 nitrogen and oxygen atoms in total. The first kappa shape index (κ1) is 15.7. The maximum atomic E-state index is 11.4. The fourth-order valence-corrected chi connectivity index (χ4v) is 2.09. The van der Waals surface area contributed by atoms with Crippen LogP contribution in [0.15, 0.2) is 12.2 Å². The van der Waals surface area contributed by atoms with Crippen LogP contribution in [-0.2, 0) is 19.1 Å². The Morgan fingerprint density at radius 2 is 2.05 bits per heavy atom. The lowest BCUT2D eigenvalue weighted by atomic mass is 9.95. The molecule has 0 spiro atoms. The molecule has 0 saturated heterocycles. The molecule has 0 aromatic rings. The Labute approximate surface area is 115 Å². The molecular weight excluding hydrogens is 244 g/mol. The van der Waals surface area contributed by atoms with Crippen LogP contribution in [0.2, 0.25) is 0 Å². The average molecular weight is 268 g/mol. The van der Waals surface area contributed by atoms with Crippen molar-refractivity contribution in [2.45, 2.75) is 52.6 Å². The van der Waals surface area contributed by atoms with Crippen molar-refractivity contribution in [1.82, 2.24) is 0 Å². The predicted octanol–water partition coefficient (Wildman–Crippen LogP) is 2.86. The molecule has 1 aliphatic rings. The van der Waals surface area contributed by atoms with Crippen LogP contribution in [0.25, 0.3) is 0 Å². The number of carbonyl (C=O) groups excluding carboxylic acids is 2. The zero-order valence-electron chi connectivity index (χ0n) is 12.1. The monoisotopic (exact) mass is 268 g/mol. The molecule has 1 aliphatic heterocycles. The van der Waals surface area contributed by atoms with Gasteiger partial charge in [0, 0.05) is 19.3 Å². The number of cyclic esters (lactones) is 1. The smallest absolute Gasteiger partial charge is 0.305 e. The number of rotatable bonds is 1. The number of ether oxygens (including phenoxy) is 2. The van der Waals surface area contributed by atoms with Crippen LogP contribution < -0.4 is 0 Å². The molecule has 19 heavy (non-hydrogen) atoms. The largest absolute Gasteiger partial charge is 0.465 e. The minimum atomic E-state index is -0.257. The topological polar surface area (TPSA) is 52.6 Å². The Kier molecular flexibility index (Phi) is 6.60. The van der Waals surface area contributed by atoms with E-state index >= 15 is 0 Å². The Morgan fingerprint density at radius 1 is 1.32 bits per heavy atom. The van der Waals surface area contributed by atoms with Crippen LogP contribution in [0.3, 0.4) is 0 Å². The highest BCUT2D eigenvalue weighted by Gasteiger charge is 2.18. The van der Waals surface area contributed by atoms with Gasteiger partial charge in [-0.05, 0) is 24.8 Å². The van der Waals surface area contributed by atoms with Crippen molar-refractivity contribution in [3.05, 3.63) is 12.2 Å². The van der Waals surface area contributed by atoms with Gasteiger partial charge in [0.25, 0.3) is 0 Å². The quantitative estimate of drug-likeness (QED) is 0.542. The van der Waals surface area contributed by atoms with E-state index in [1.165, 1.54) is 6.92 Å². The second-order valence-corrected chi connectivity index (χ2v) is 5.34. The van der Waals surface area contributed by atoms with Crippen LogP contribution in [0.1, 0.15) is 46.5 Å². The molecule has 0 bridgehead atoms. The van der Waals surface area contributed by atoms with Gasteiger partial charge < -0.3 is 9.47 Å². The van der Waals surface area contributed by atoms with Gasteiger partial charge >= 0.3 is 11.9 Å². The van der Waals surface area contributed by atoms with Crippen molar-refractivity contribution >= 4 is 11.9 Å². The van der Waals surface area contributed by atoms with Crippen molar-refractivity contribution in [2.75, 3.05) is 6.61 Å². The number of hydrogen-bond donors (Lipinski definition) is 0. The van der Waals surface area contributed by atoms with Crippen LogP contribution in [-0.4, -0.2) is 24.6 Å². The zero-order chi connectivity index (χ0) is 14.3. The standard InChI is InChI=1S/C15H24O4/c1-11-8-9-14(19-13(3)16)12(2)6-4-5-7-15(17)18-10-11/h8-9,11-12,14H,4-7,10H2,1-3H3. The predicted molar refractivity (Wildman–Crippen MR) is 72.4 cm³/mol. The average Bonchev–Trinajstić information content (AvgIpc) is 2.35. The molecule has 0 N–H and O–H groups in total. The van der Waals surface area contributed by atoms with Crippen LogP contribution in [0, 0.1) is 11.8 Å². The van der Waals surface area contributed by atoms with Crippen molar-refractivity contribution in [3.8, 4) is 0 Å². The molecule has 108 valence electrons. The highest BCUT2D eigenvalue weighted by Crippen LogP contribution is 2.19. The minimum Gasteiger partial charge on any atom is -0.465 e. The lowest BCUT2D eigenvalue weighted by Gasteiger charge is -2.22. The summed E-state index contributed by atoms with van der Waals surface area (Å²) in [5, 5.41) is 0. The summed E-state index contributed by atoms with van der Waals surface area (Å²) in [5.74, 6) is 0.0223. The van der Waals surface area contributed by atoms with Gasteiger partial charge in [0.1, 0.15) is 6.10 Å². The molecule has 0 fully saturated rings. The zero-order valence-corrected chi connectivity index (χ0v) is 12.1. The fourth-order valence-electron chi connectivity index (χ4n) is 2.09. The van der Waals surface area contributed by atoms with Crippen molar-refractivity contribution in [2.24, 2.45) is 11.8 Å². The highest BCUT2D eigenvalue weighted by atomic mass is 16.5. The normalized spacial score (nSPS) is 29.8. The summed E-state index contributed by atoms with van der Waals surface area (Å²) in [6.07, 6.45) is 6.87. The lowest BCUT2D eigenvalue weighted by molar-refractivity contribution is -0.146. The minimum absolute atomic E-state index is 0.120. The first-order valence-electron chi connectivity index (χ1n) is 7.00. The highest BCUT2D eigenvalue weighted by molar-refractivity contribution is 5.69. The Hall–Kier alpha value is -1.32. The molecule has 0 radical (unpaired) electrons. The lowest BCUT2D eigenvalue weighted by Crippen LogP contribution is -2.23. The summed E-state index contributed by atoms with van der Waals surface area (Å²) < 4.78 is 10.5. The molecular formula is C15H24O4. The molecule has 0 saturated carbocycles. The molecule has 0 amide bonds. The Bertz CT molecular complexity index is 335. The van der Waals surface area contributed by atoms with Gasteiger partial charge in [-0.25, -0.2) is 0 Å². The van der Waals surface area contributed by atoms with Gasteiger partial charge in [-0.15, -0.1) is 0 Å². The SMILES string of the molecule is CC(=O)OC1C=CC(C)COC(=O)CCCCC1C. The molecule has 0 aromatic carbocycles. The van der Waals surface area contributed by atoms with E-state index in [0.717, 1.165) is 19.3 Å². The second kappa shape index (κ2) is 7.97. The van der Waals surface area contributed by atoms with E-state index in [9.17, 15) is 9.59 Å². The first-order valence-corrected chi connectivity index (χ1v) is 7.00. The maximum absolute atomic E-state index is 11.4. The summed E-state index contributed by atoms with van der Waals surface area (Å²) in [6.45, 7) is 5.87. The summed E-state index contributed by atoms with van der Waals surface area (Å²) in [6, 6.07) is 0. The number of esters is 2. The third kappa shape index (κ3) is 6.41. The van der Waals surface area contributed by atoms with Crippen LogP contribution >= 0.6 is 0 Å². The van der Waals surface area contributed by atoms with Crippen molar-refractivity contribution < 1.29 is 19.1 Å². The second-order valence-electron chi connectivity index (χ2n) is 5.34. The maximum Gasteiger partial charge on any atom is 0.305 e. The van der Waals surface area contributed by atoms with Crippen molar-refractivity contribution in [1.29, 1.82) is 0 Å². The van der Waals surface area contributed by atoms with E-state index in [0.29, 0.717) is 13.0 Å². The molecule has 1 heterocycles. The molecule has 3 atom stereocenters.